The first-order valence-corrected chi connectivity index (χ1v) is 7.09. The molecular formula is C16H18BrN. The van der Waals surface area contributed by atoms with Crippen molar-refractivity contribution in [2.24, 2.45) is 0 Å². The van der Waals surface area contributed by atoms with E-state index in [0.29, 0.717) is 0 Å². The Morgan fingerprint density at radius 1 is 1.00 bits per heavy atom. The number of nitrogens with two attached hydrogens (primary N) is 1. The van der Waals surface area contributed by atoms with Crippen LogP contribution in [0.3, 0.4) is 0 Å². The molecule has 0 amide bonds. The minimum Gasteiger partial charge on any atom is -0.398 e. The van der Waals surface area contributed by atoms with Gasteiger partial charge in [-0.05, 0) is 54.7 Å². The first-order valence-electron chi connectivity index (χ1n) is 6.30. The molecule has 0 heterocycles. The van der Waals surface area contributed by atoms with Gasteiger partial charge in [0, 0.05) is 10.2 Å². The fourth-order valence-corrected chi connectivity index (χ4v) is 3.60. The van der Waals surface area contributed by atoms with E-state index in [1.54, 1.807) is 0 Å². The lowest BCUT2D eigenvalue weighted by Gasteiger charge is -2.37. The number of anilines is 1. The van der Waals surface area contributed by atoms with E-state index < -0.39 is 0 Å². The molecule has 0 fully saturated rings. The molecule has 0 unspecified atom stereocenters. The van der Waals surface area contributed by atoms with Crippen molar-refractivity contribution in [2.45, 2.75) is 38.5 Å². The summed E-state index contributed by atoms with van der Waals surface area (Å²) < 4.78 is 1.02. The van der Waals surface area contributed by atoms with Crippen LogP contribution in [0.5, 0.6) is 0 Å². The third kappa shape index (κ3) is 1.17. The molecule has 1 aliphatic rings. The maximum Gasteiger partial charge on any atom is 0.0483 e. The number of benzene rings is 2. The quantitative estimate of drug-likeness (QED) is 0.698. The van der Waals surface area contributed by atoms with Gasteiger partial charge in [-0.2, -0.15) is 0 Å². The average molecular weight is 304 g/mol. The van der Waals surface area contributed by atoms with Crippen LogP contribution >= 0.6 is 15.9 Å². The summed E-state index contributed by atoms with van der Waals surface area (Å²) in [6.45, 7) is 9.28. The van der Waals surface area contributed by atoms with E-state index in [4.69, 9.17) is 5.73 Å². The van der Waals surface area contributed by atoms with Gasteiger partial charge in [0.15, 0.2) is 0 Å². The lowest BCUT2D eigenvalue weighted by atomic mass is 9.66. The lowest BCUT2D eigenvalue weighted by molar-refractivity contribution is 0.322. The second-order valence-corrected chi connectivity index (χ2v) is 7.10. The van der Waals surface area contributed by atoms with Crippen molar-refractivity contribution in [1.29, 1.82) is 0 Å². The van der Waals surface area contributed by atoms with Gasteiger partial charge in [-0.15, -0.1) is 0 Å². The largest absolute Gasteiger partial charge is 0.398 e. The molecule has 2 heteroatoms. The molecule has 2 N–H and O–H groups in total. The maximum absolute atomic E-state index is 6.15. The number of nitrogen functional groups attached to an aromatic ring is 1. The van der Waals surface area contributed by atoms with E-state index in [2.05, 4.69) is 67.9 Å². The van der Waals surface area contributed by atoms with Crippen LogP contribution in [0.15, 0.2) is 28.7 Å². The molecule has 2 aromatic rings. The Labute approximate surface area is 117 Å². The Bertz CT molecular complexity index is 668. The van der Waals surface area contributed by atoms with E-state index in [1.807, 2.05) is 0 Å². The van der Waals surface area contributed by atoms with Crippen LogP contribution in [0.2, 0.25) is 0 Å². The van der Waals surface area contributed by atoms with Gasteiger partial charge in [0.05, 0.1) is 0 Å². The van der Waals surface area contributed by atoms with Gasteiger partial charge in [-0.3, -0.25) is 0 Å². The molecule has 0 aliphatic heterocycles. The fourth-order valence-electron chi connectivity index (χ4n) is 3.16. The first kappa shape index (κ1) is 12.0. The zero-order valence-electron chi connectivity index (χ0n) is 11.3. The predicted octanol–water partition coefficient (Wildman–Crippen LogP) is 4.75. The Balaban J connectivity index is 2.58. The molecule has 0 spiro atoms. The highest BCUT2D eigenvalue weighted by atomic mass is 79.9. The van der Waals surface area contributed by atoms with Gasteiger partial charge < -0.3 is 5.73 Å². The highest BCUT2D eigenvalue weighted by molar-refractivity contribution is 9.10. The van der Waals surface area contributed by atoms with Crippen molar-refractivity contribution in [3.63, 3.8) is 0 Å². The molecule has 1 aliphatic carbocycles. The minimum absolute atomic E-state index is 0.101. The summed E-state index contributed by atoms with van der Waals surface area (Å²) in [6, 6.07) is 8.68. The molecule has 18 heavy (non-hydrogen) atoms. The summed E-state index contributed by atoms with van der Waals surface area (Å²) in [5.74, 6) is 0. The third-order valence-corrected chi connectivity index (χ3v) is 5.92. The molecular weight excluding hydrogens is 286 g/mol. The summed E-state index contributed by atoms with van der Waals surface area (Å²) >= 11 is 3.63. The molecule has 0 bridgehead atoms. The van der Waals surface area contributed by atoms with Gasteiger partial charge >= 0.3 is 0 Å². The molecule has 0 saturated carbocycles. The van der Waals surface area contributed by atoms with Crippen LogP contribution in [0.4, 0.5) is 5.69 Å². The van der Waals surface area contributed by atoms with Gasteiger partial charge in [0.1, 0.15) is 0 Å². The van der Waals surface area contributed by atoms with Crippen molar-refractivity contribution in [1.82, 2.24) is 0 Å². The molecule has 3 rings (SSSR count). The van der Waals surface area contributed by atoms with Gasteiger partial charge in [-0.25, -0.2) is 0 Å². The smallest absolute Gasteiger partial charge is 0.0483 e. The molecule has 2 aromatic carbocycles. The van der Waals surface area contributed by atoms with E-state index in [-0.39, 0.29) is 10.8 Å². The van der Waals surface area contributed by atoms with Crippen LogP contribution in [-0.4, -0.2) is 0 Å². The molecule has 0 atom stereocenters. The lowest BCUT2D eigenvalue weighted by Crippen LogP contribution is -2.35. The number of halogens is 1. The maximum atomic E-state index is 6.15. The average Bonchev–Trinajstić information content (AvgIpc) is 2.45. The Kier molecular flexibility index (Phi) is 2.20. The van der Waals surface area contributed by atoms with Crippen molar-refractivity contribution in [3.05, 3.63) is 39.9 Å². The topological polar surface area (TPSA) is 26.0 Å². The standard InChI is InChI=1S/C16H18BrN/c1-15(2)10-7-5-6-9-13(10)11(16(15,3)4)8-12(18)14(9)17/h5-8H,18H2,1-4H3. The second-order valence-electron chi connectivity index (χ2n) is 6.31. The van der Waals surface area contributed by atoms with Crippen LogP contribution < -0.4 is 5.73 Å². The highest BCUT2D eigenvalue weighted by Crippen LogP contribution is 2.55. The van der Waals surface area contributed by atoms with Gasteiger partial charge in [0.25, 0.3) is 0 Å². The summed E-state index contributed by atoms with van der Waals surface area (Å²) in [5, 5.41) is 2.62. The molecule has 94 valence electrons. The van der Waals surface area contributed by atoms with Crippen molar-refractivity contribution in [2.75, 3.05) is 5.73 Å². The minimum atomic E-state index is 0.101. The Morgan fingerprint density at radius 2 is 1.61 bits per heavy atom. The van der Waals surface area contributed by atoms with Crippen molar-refractivity contribution >= 4 is 32.4 Å². The number of rotatable bonds is 0. The van der Waals surface area contributed by atoms with Crippen LogP contribution in [-0.2, 0) is 10.8 Å². The monoisotopic (exact) mass is 303 g/mol. The molecule has 0 aromatic heterocycles. The van der Waals surface area contributed by atoms with E-state index in [1.165, 1.54) is 21.9 Å². The molecule has 1 nitrogen and oxygen atoms in total. The number of hydrogen-bond acceptors (Lipinski definition) is 1. The predicted molar refractivity (Wildman–Crippen MR) is 82.1 cm³/mol. The van der Waals surface area contributed by atoms with Crippen molar-refractivity contribution < 1.29 is 0 Å². The van der Waals surface area contributed by atoms with Gasteiger partial charge in [0.2, 0.25) is 0 Å². The van der Waals surface area contributed by atoms with Crippen LogP contribution in [0.1, 0.15) is 38.8 Å². The van der Waals surface area contributed by atoms with Crippen molar-refractivity contribution in [3.8, 4) is 0 Å². The summed E-state index contributed by atoms with van der Waals surface area (Å²) in [4.78, 5) is 0. The normalized spacial score (nSPS) is 19.4. The van der Waals surface area contributed by atoms with E-state index in [0.717, 1.165) is 10.2 Å². The summed E-state index contributed by atoms with van der Waals surface area (Å²) in [7, 11) is 0. The highest BCUT2D eigenvalue weighted by Gasteiger charge is 2.47. The van der Waals surface area contributed by atoms with Crippen LogP contribution in [0, 0.1) is 0 Å². The summed E-state index contributed by atoms with van der Waals surface area (Å²) in [6.07, 6.45) is 0. The third-order valence-electron chi connectivity index (χ3n) is 5.03. The number of hydrogen-bond donors (Lipinski definition) is 1. The SMILES string of the molecule is CC1(C)c2cccc3c(Br)c(N)cc(c23)C1(C)C. The summed E-state index contributed by atoms with van der Waals surface area (Å²) in [5.41, 5.74) is 10.0. The fraction of sp³-hybridized carbons (Fsp3) is 0.375. The molecule has 0 radical (unpaired) electrons. The van der Waals surface area contributed by atoms with E-state index in [9.17, 15) is 0 Å². The second kappa shape index (κ2) is 3.30. The zero-order valence-corrected chi connectivity index (χ0v) is 12.9. The zero-order chi connectivity index (χ0) is 13.3. The Hall–Kier alpha value is -1.02. The van der Waals surface area contributed by atoms with Crippen LogP contribution in [0.25, 0.3) is 10.8 Å². The first-order chi connectivity index (χ1) is 8.28. The van der Waals surface area contributed by atoms with E-state index >= 15 is 0 Å². The van der Waals surface area contributed by atoms with Gasteiger partial charge in [-0.1, -0.05) is 45.9 Å². The molecule has 0 saturated heterocycles. The Morgan fingerprint density at radius 3 is 2.28 bits per heavy atom.